The summed E-state index contributed by atoms with van der Waals surface area (Å²) in [5, 5.41) is 20.5. The normalized spacial score (nSPS) is 13.2. The average Bonchev–Trinajstić information content (AvgIpc) is 2.75. The van der Waals surface area contributed by atoms with Crippen LogP contribution in [-0.2, 0) is 6.42 Å². The fourth-order valence-electron chi connectivity index (χ4n) is 3.02. The number of aryl methyl sites for hydroxylation is 1. The molecule has 6 nitrogen and oxygen atoms in total. The van der Waals surface area contributed by atoms with Crippen molar-refractivity contribution in [1.82, 2.24) is 0 Å². The van der Waals surface area contributed by atoms with Crippen LogP contribution in [0.15, 0.2) is 42.5 Å². The molecule has 0 amide bonds. The van der Waals surface area contributed by atoms with Crippen LogP contribution in [0, 0.1) is 0 Å². The van der Waals surface area contributed by atoms with Crippen LogP contribution in [0.5, 0.6) is 23.0 Å². The molecule has 0 aromatic heterocycles. The summed E-state index contributed by atoms with van der Waals surface area (Å²) in [7, 11) is 6.35. The van der Waals surface area contributed by atoms with Crippen LogP contribution >= 0.6 is 0 Å². The molecule has 0 heterocycles. The number of rotatable bonds is 11. The van der Waals surface area contributed by atoms with Crippen LogP contribution in [0.25, 0.3) is 6.08 Å². The molecule has 158 valence electrons. The van der Waals surface area contributed by atoms with E-state index in [4.69, 9.17) is 18.9 Å². The van der Waals surface area contributed by atoms with Crippen molar-refractivity contribution in [3.63, 3.8) is 0 Å². The standard InChI is InChI=1S/C23H30O6/c1-26-20-11-7-16(13-22(20)28-3)5-9-18(24)15-19(25)10-6-17-8-12-21(27-2)23(14-17)29-4/h5,7-9,11-14,18-19,24-25H,6,10,15H2,1-4H3/b9-5+. The van der Waals surface area contributed by atoms with Crippen molar-refractivity contribution in [2.75, 3.05) is 28.4 Å². The lowest BCUT2D eigenvalue weighted by Crippen LogP contribution is -2.16. The molecular formula is C23H30O6. The summed E-state index contributed by atoms with van der Waals surface area (Å²) in [5.74, 6) is 2.61. The van der Waals surface area contributed by atoms with E-state index in [9.17, 15) is 10.2 Å². The highest BCUT2D eigenvalue weighted by molar-refractivity contribution is 5.56. The van der Waals surface area contributed by atoms with E-state index in [0.717, 1.165) is 11.1 Å². The van der Waals surface area contributed by atoms with E-state index >= 15 is 0 Å². The van der Waals surface area contributed by atoms with Crippen LogP contribution in [-0.4, -0.2) is 50.9 Å². The predicted octanol–water partition coefficient (Wildman–Crippen LogP) is 3.48. The molecule has 0 spiro atoms. The van der Waals surface area contributed by atoms with E-state index in [2.05, 4.69) is 0 Å². The second-order valence-electron chi connectivity index (χ2n) is 6.66. The Morgan fingerprint density at radius 1 is 0.793 bits per heavy atom. The molecule has 2 aromatic carbocycles. The van der Waals surface area contributed by atoms with E-state index < -0.39 is 12.2 Å². The van der Waals surface area contributed by atoms with Crippen molar-refractivity contribution in [1.29, 1.82) is 0 Å². The van der Waals surface area contributed by atoms with Gasteiger partial charge in [0.1, 0.15) is 0 Å². The molecule has 2 atom stereocenters. The van der Waals surface area contributed by atoms with Gasteiger partial charge in [-0.05, 0) is 48.2 Å². The first-order valence-corrected chi connectivity index (χ1v) is 9.48. The van der Waals surface area contributed by atoms with Crippen molar-refractivity contribution < 1.29 is 29.2 Å². The third-order valence-corrected chi connectivity index (χ3v) is 4.65. The minimum Gasteiger partial charge on any atom is -0.493 e. The Balaban J connectivity index is 1.87. The monoisotopic (exact) mass is 402 g/mol. The summed E-state index contributed by atoms with van der Waals surface area (Å²) >= 11 is 0. The Morgan fingerprint density at radius 2 is 1.38 bits per heavy atom. The first kappa shape index (κ1) is 22.6. The zero-order chi connectivity index (χ0) is 21.2. The van der Waals surface area contributed by atoms with Gasteiger partial charge >= 0.3 is 0 Å². The highest BCUT2D eigenvalue weighted by Crippen LogP contribution is 2.29. The van der Waals surface area contributed by atoms with Crippen molar-refractivity contribution in [3.8, 4) is 23.0 Å². The zero-order valence-corrected chi connectivity index (χ0v) is 17.4. The van der Waals surface area contributed by atoms with Crippen LogP contribution in [0.2, 0.25) is 0 Å². The van der Waals surface area contributed by atoms with Gasteiger partial charge in [0.2, 0.25) is 0 Å². The number of hydrogen-bond acceptors (Lipinski definition) is 6. The van der Waals surface area contributed by atoms with Gasteiger partial charge in [0.25, 0.3) is 0 Å². The first-order chi connectivity index (χ1) is 14.0. The summed E-state index contributed by atoms with van der Waals surface area (Å²) in [6, 6.07) is 11.2. The van der Waals surface area contributed by atoms with Gasteiger partial charge in [-0.2, -0.15) is 0 Å². The van der Waals surface area contributed by atoms with Crippen LogP contribution in [0.3, 0.4) is 0 Å². The lowest BCUT2D eigenvalue weighted by atomic mass is 10.0. The van der Waals surface area contributed by atoms with Gasteiger partial charge in [-0.1, -0.05) is 24.3 Å². The van der Waals surface area contributed by atoms with Crippen LogP contribution in [0.4, 0.5) is 0 Å². The smallest absolute Gasteiger partial charge is 0.161 e. The van der Waals surface area contributed by atoms with Gasteiger partial charge in [-0.15, -0.1) is 0 Å². The third-order valence-electron chi connectivity index (χ3n) is 4.65. The number of ether oxygens (including phenoxy) is 4. The topological polar surface area (TPSA) is 77.4 Å². The molecule has 2 aromatic rings. The molecule has 29 heavy (non-hydrogen) atoms. The van der Waals surface area contributed by atoms with E-state index in [1.165, 1.54) is 0 Å². The summed E-state index contributed by atoms with van der Waals surface area (Å²) < 4.78 is 21.0. The number of aliphatic hydroxyl groups excluding tert-OH is 2. The Morgan fingerprint density at radius 3 is 2.00 bits per heavy atom. The Hall–Kier alpha value is -2.70. The Bertz CT molecular complexity index is 802. The molecule has 0 aliphatic heterocycles. The van der Waals surface area contributed by atoms with Crippen molar-refractivity contribution in [2.45, 2.75) is 31.5 Å². The van der Waals surface area contributed by atoms with E-state index in [1.54, 1.807) is 40.6 Å². The highest BCUT2D eigenvalue weighted by atomic mass is 16.5. The quantitative estimate of drug-likeness (QED) is 0.599. The van der Waals surface area contributed by atoms with Crippen molar-refractivity contribution >= 4 is 6.08 Å². The molecular weight excluding hydrogens is 372 g/mol. The number of aliphatic hydroxyl groups is 2. The van der Waals surface area contributed by atoms with Crippen LogP contribution in [0.1, 0.15) is 24.0 Å². The Labute approximate surface area is 172 Å². The highest BCUT2D eigenvalue weighted by Gasteiger charge is 2.11. The van der Waals surface area contributed by atoms with E-state index in [1.807, 2.05) is 36.4 Å². The van der Waals surface area contributed by atoms with Gasteiger partial charge in [0, 0.05) is 6.42 Å². The molecule has 0 fully saturated rings. The number of methoxy groups -OCH3 is 4. The molecule has 0 saturated heterocycles. The van der Waals surface area contributed by atoms with E-state index in [-0.39, 0.29) is 6.42 Å². The van der Waals surface area contributed by atoms with Gasteiger partial charge < -0.3 is 29.2 Å². The fourth-order valence-corrected chi connectivity index (χ4v) is 3.02. The second-order valence-corrected chi connectivity index (χ2v) is 6.66. The summed E-state index contributed by atoms with van der Waals surface area (Å²) in [6.45, 7) is 0. The summed E-state index contributed by atoms with van der Waals surface area (Å²) in [5.41, 5.74) is 1.92. The fraction of sp³-hybridized carbons (Fsp3) is 0.391. The minimum absolute atomic E-state index is 0.261. The number of benzene rings is 2. The van der Waals surface area contributed by atoms with Gasteiger partial charge in [0.05, 0.1) is 40.6 Å². The zero-order valence-electron chi connectivity index (χ0n) is 17.4. The van der Waals surface area contributed by atoms with Crippen molar-refractivity contribution in [2.24, 2.45) is 0 Å². The predicted molar refractivity (Wildman–Crippen MR) is 113 cm³/mol. The molecule has 0 bridgehead atoms. The molecule has 0 radical (unpaired) electrons. The molecule has 6 heteroatoms. The molecule has 0 saturated carbocycles. The first-order valence-electron chi connectivity index (χ1n) is 9.48. The molecule has 0 aliphatic carbocycles. The molecule has 2 unspecified atom stereocenters. The summed E-state index contributed by atoms with van der Waals surface area (Å²) in [4.78, 5) is 0. The van der Waals surface area contributed by atoms with Gasteiger partial charge in [0.15, 0.2) is 23.0 Å². The van der Waals surface area contributed by atoms with Crippen LogP contribution < -0.4 is 18.9 Å². The minimum atomic E-state index is -0.747. The average molecular weight is 402 g/mol. The maximum atomic E-state index is 10.3. The maximum absolute atomic E-state index is 10.3. The Kier molecular flexibility index (Phi) is 8.83. The third kappa shape index (κ3) is 6.69. The SMILES string of the molecule is COc1ccc(/C=C/C(O)CC(O)CCc2ccc(OC)c(OC)c2)cc1OC. The van der Waals surface area contributed by atoms with Gasteiger partial charge in [-0.25, -0.2) is 0 Å². The van der Waals surface area contributed by atoms with Gasteiger partial charge in [-0.3, -0.25) is 0 Å². The lowest BCUT2D eigenvalue weighted by molar-refractivity contribution is 0.0983. The van der Waals surface area contributed by atoms with Crippen molar-refractivity contribution in [3.05, 3.63) is 53.6 Å². The molecule has 0 aliphatic rings. The molecule has 2 N–H and O–H groups in total. The van der Waals surface area contributed by atoms with E-state index in [0.29, 0.717) is 35.8 Å². The lowest BCUT2D eigenvalue weighted by Gasteiger charge is -2.14. The summed E-state index contributed by atoms with van der Waals surface area (Å²) in [6.07, 6.45) is 3.58. The number of hydrogen-bond donors (Lipinski definition) is 2. The second kappa shape index (κ2) is 11.3. The molecule has 2 rings (SSSR count). The maximum Gasteiger partial charge on any atom is 0.161 e. The largest absolute Gasteiger partial charge is 0.493 e.